The smallest absolute Gasteiger partial charge is 0.391 e. The molecule has 8 N–H and O–H groups in total. The van der Waals surface area contributed by atoms with Crippen LogP contribution >= 0.6 is 7.82 Å². The number of hydrogen-bond acceptors (Lipinski definition) is 10. The minimum absolute atomic E-state index is 0.243. The normalized spacial score (nSPS) is 22.2. The average Bonchev–Trinajstić information content (AvgIpc) is 3.27. The molecule has 0 bridgehead atoms. The zero-order chi connectivity index (χ0) is 46.4. The Labute approximate surface area is 385 Å². The Kier molecular flexibility index (Phi) is 38.7. The number of nitrogens with one attached hydrogen (secondary N) is 1. The molecule has 1 amide bonds. The van der Waals surface area contributed by atoms with Crippen LogP contribution in [-0.4, -0.2) is 96.8 Å². The molecule has 0 saturated heterocycles. The Morgan fingerprint density at radius 2 is 0.762 bits per heavy atom. The molecule has 0 aromatic carbocycles. The van der Waals surface area contributed by atoms with E-state index in [1.165, 1.54) is 180 Å². The van der Waals surface area contributed by atoms with Crippen molar-refractivity contribution in [3.63, 3.8) is 0 Å². The maximum absolute atomic E-state index is 13.0. The number of aliphatic hydroxyl groups is 6. The van der Waals surface area contributed by atoms with Crippen molar-refractivity contribution in [2.24, 2.45) is 0 Å². The summed E-state index contributed by atoms with van der Waals surface area (Å²) in [6.07, 6.45) is 32.7. The highest BCUT2D eigenvalue weighted by atomic mass is 31.2. The molecule has 0 aromatic rings. The summed E-state index contributed by atoms with van der Waals surface area (Å²) in [4.78, 5) is 23.5. The first-order valence-electron chi connectivity index (χ1n) is 26.5. The molecule has 1 aliphatic carbocycles. The van der Waals surface area contributed by atoms with Crippen LogP contribution in [0, 0.1) is 0 Å². The molecule has 1 rings (SSSR count). The first kappa shape index (κ1) is 60.4. The van der Waals surface area contributed by atoms with Crippen LogP contribution in [0.25, 0.3) is 0 Å². The van der Waals surface area contributed by atoms with Gasteiger partial charge in [0.1, 0.15) is 36.6 Å². The summed E-state index contributed by atoms with van der Waals surface area (Å²) < 4.78 is 23.1. The molecular weight excluding hydrogens is 822 g/mol. The van der Waals surface area contributed by atoms with Gasteiger partial charge < -0.3 is 40.8 Å². The van der Waals surface area contributed by atoms with Crippen molar-refractivity contribution in [3.8, 4) is 0 Å². The second-order valence-corrected chi connectivity index (χ2v) is 20.5. The van der Waals surface area contributed by atoms with Crippen molar-refractivity contribution in [3.05, 3.63) is 0 Å². The van der Waals surface area contributed by atoms with Gasteiger partial charge in [-0.3, -0.25) is 13.8 Å². The summed E-state index contributed by atoms with van der Waals surface area (Å²) in [7, 11) is -5.05. The number of carbonyl (C=O) groups is 1. The average molecular weight is 922 g/mol. The SMILES string of the molecule is CCCCCCCCCCCCCCCCCCCCCCC(=O)N[C@@H](COP(=O)(O)OC1C(O)C(O)C(O)[C@@H](O)C1O)[C@H](O)CCCCCCCCCCCCCCCCCC. The van der Waals surface area contributed by atoms with E-state index in [0.717, 1.165) is 38.5 Å². The van der Waals surface area contributed by atoms with Gasteiger partial charge >= 0.3 is 7.82 Å². The number of rotatable bonds is 45. The summed E-state index contributed by atoms with van der Waals surface area (Å²) in [5.74, 6) is -0.302. The first-order chi connectivity index (χ1) is 30.4. The molecule has 0 radical (unpaired) electrons. The number of unbranched alkanes of at least 4 members (excludes halogenated alkanes) is 34. The maximum Gasteiger partial charge on any atom is 0.472 e. The van der Waals surface area contributed by atoms with Gasteiger partial charge in [0.15, 0.2) is 0 Å². The summed E-state index contributed by atoms with van der Waals surface area (Å²) >= 11 is 0. The molecule has 6 unspecified atom stereocenters. The third-order valence-corrected chi connectivity index (χ3v) is 14.2. The Morgan fingerprint density at radius 3 is 1.10 bits per heavy atom. The number of carbonyl (C=O) groups excluding carboxylic acids is 1. The van der Waals surface area contributed by atoms with Gasteiger partial charge in [-0.05, 0) is 12.8 Å². The Bertz CT molecular complexity index is 1070. The predicted octanol–water partition coefficient (Wildman–Crippen LogP) is 11.0. The zero-order valence-electron chi connectivity index (χ0n) is 40.4. The monoisotopic (exact) mass is 922 g/mol. The van der Waals surface area contributed by atoms with Gasteiger partial charge in [-0.1, -0.05) is 239 Å². The number of phosphoric ester groups is 1. The molecule has 1 fully saturated rings. The van der Waals surface area contributed by atoms with Crippen LogP contribution in [0.4, 0.5) is 0 Å². The van der Waals surface area contributed by atoms with Crippen LogP contribution in [0.1, 0.15) is 258 Å². The van der Waals surface area contributed by atoms with Crippen LogP contribution in [0.2, 0.25) is 0 Å². The Balaban J connectivity index is 2.37. The van der Waals surface area contributed by atoms with Gasteiger partial charge in [0.05, 0.1) is 18.8 Å². The molecule has 0 heterocycles. The van der Waals surface area contributed by atoms with Crippen molar-refractivity contribution in [2.75, 3.05) is 6.61 Å². The van der Waals surface area contributed by atoms with E-state index < -0.39 is 63.2 Å². The number of amides is 1. The third kappa shape index (κ3) is 31.9. The minimum atomic E-state index is -5.05. The highest BCUT2D eigenvalue weighted by molar-refractivity contribution is 7.47. The summed E-state index contributed by atoms with van der Waals surface area (Å²) in [5, 5.41) is 64.3. The van der Waals surface area contributed by atoms with Gasteiger partial charge in [-0.2, -0.15) is 0 Å². The predicted molar refractivity (Wildman–Crippen MR) is 255 cm³/mol. The molecular formula is C50H100NO11P. The number of aliphatic hydroxyl groups excluding tert-OH is 6. The summed E-state index contributed by atoms with van der Waals surface area (Å²) in [5.41, 5.74) is 0. The van der Waals surface area contributed by atoms with E-state index in [-0.39, 0.29) is 12.3 Å². The highest BCUT2D eigenvalue weighted by Gasteiger charge is 2.51. The topological polar surface area (TPSA) is 206 Å². The molecule has 1 saturated carbocycles. The molecule has 0 spiro atoms. The second-order valence-electron chi connectivity index (χ2n) is 19.1. The van der Waals surface area contributed by atoms with Gasteiger partial charge in [0.25, 0.3) is 0 Å². The quantitative estimate of drug-likeness (QED) is 0.0213. The molecule has 0 aliphatic heterocycles. The largest absolute Gasteiger partial charge is 0.472 e. The van der Waals surface area contributed by atoms with Crippen molar-refractivity contribution < 1.29 is 53.9 Å². The van der Waals surface area contributed by atoms with E-state index in [2.05, 4.69) is 19.2 Å². The van der Waals surface area contributed by atoms with E-state index in [9.17, 15) is 44.9 Å². The van der Waals surface area contributed by atoms with Crippen LogP contribution in [0.3, 0.4) is 0 Å². The standard InChI is InChI=1S/C50H100NO11P/c1-3-5-7-9-11-13-15-17-19-21-22-23-24-26-28-30-32-34-36-38-40-44(53)51-42(41-61-63(59,60)62-50-48(57)46(55)45(54)47(56)49(50)58)43(52)39-37-35-33-31-29-27-25-20-18-16-14-12-10-8-6-4-2/h42-43,45-50,52,54-58H,3-41H2,1-2H3,(H,51,53)(H,59,60)/t42-,43+,45?,46+,47?,48?,49?,50?/m0/s1. The summed E-state index contributed by atoms with van der Waals surface area (Å²) in [6.45, 7) is 3.93. The molecule has 9 atom stereocenters. The first-order valence-corrected chi connectivity index (χ1v) is 28.0. The molecule has 0 aromatic heterocycles. The highest BCUT2D eigenvalue weighted by Crippen LogP contribution is 2.47. The van der Waals surface area contributed by atoms with Crippen LogP contribution < -0.4 is 5.32 Å². The van der Waals surface area contributed by atoms with E-state index in [1.54, 1.807) is 0 Å². The molecule has 63 heavy (non-hydrogen) atoms. The van der Waals surface area contributed by atoms with E-state index in [0.29, 0.717) is 19.3 Å². The lowest BCUT2D eigenvalue weighted by Gasteiger charge is -2.41. The number of hydrogen-bond donors (Lipinski definition) is 8. The van der Waals surface area contributed by atoms with Crippen LogP contribution in [-0.2, 0) is 18.4 Å². The molecule has 1 aliphatic rings. The lowest BCUT2D eigenvalue weighted by atomic mass is 9.85. The molecule has 12 nitrogen and oxygen atoms in total. The van der Waals surface area contributed by atoms with Crippen molar-refractivity contribution in [2.45, 2.75) is 307 Å². The minimum Gasteiger partial charge on any atom is -0.391 e. The lowest BCUT2D eigenvalue weighted by molar-refractivity contribution is -0.220. The van der Waals surface area contributed by atoms with E-state index in [4.69, 9.17) is 9.05 Å². The van der Waals surface area contributed by atoms with Crippen molar-refractivity contribution >= 4 is 13.7 Å². The van der Waals surface area contributed by atoms with Gasteiger partial charge in [-0.15, -0.1) is 0 Å². The number of phosphoric acid groups is 1. The lowest BCUT2D eigenvalue weighted by Crippen LogP contribution is -2.64. The fourth-order valence-electron chi connectivity index (χ4n) is 8.85. The van der Waals surface area contributed by atoms with Gasteiger partial charge in [0, 0.05) is 6.42 Å². The van der Waals surface area contributed by atoms with Crippen molar-refractivity contribution in [1.29, 1.82) is 0 Å². The fraction of sp³-hybridized carbons (Fsp3) is 0.980. The molecule has 13 heteroatoms. The van der Waals surface area contributed by atoms with E-state index >= 15 is 0 Å². The zero-order valence-corrected chi connectivity index (χ0v) is 41.3. The Morgan fingerprint density at radius 1 is 0.476 bits per heavy atom. The summed E-state index contributed by atoms with van der Waals surface area (Å²) in [6, 6.07) is -1.03. The second kappa shape index (κ2) is 40.4. The Hall–Kier alpha value is -0.660. The maximum atomic E-state index is 13.0. The van der Waals surface area contributed by atoms with Crippen LogP contribution in [0.15, 0.2) is 0 Å². The third-order valence-electron chi connectivity index (χ3n) is 13.2. The fourth-order valence-corrected chi connectivity index (χ4v) is 9.82. The van der Waals surface area contributed by atoms with Gasteiger partial charge in [0.2, 0.25) is 5.91 Å². The molecule has 376 valence electrons. The van der Waals surface area contributed by atoms with E-state index in [1.807, 2.05) is 0 Å². The van der Waals surface area contributed by atoms with Crippen molar-refractivity contribution in [1.82, 2.24) is 5.32 Å². The van der Waals surface area contributed by atoms with Crippen LogP contribution in [0.5, 0.6) is 0 Å². The van der Waals surface area contributed by atoms with Gasteiger partial charge in [-0.25, -0.2) is 4.57 Å².